The largest absolute Gasteiger partial charge is 0.493 e. The number of ether oxygens (including phenoxy) is 3. The highest BCUT2D eigenvalue weighted by atomic mass is 32.1. The summed E-state index contributed by atoms with van der Waals surface area (Å²) in [6.45, 7) is 3.94. The smallest absolute Gasteiger partial charge is 0.203 e. The number of aryl methyl sites for hydroxylation is 2. The molecule has 2 aromatic rings. The topological polar surface area (TPSA) is 44.8 Å². The highest BCUT2D eigenvalue weighted by molar-refractivity contribution is 7.12. The van der Waals surface area contributed by atoms with Gasteiger partial charge in [0.15, 0.2) is 17.3 Å². The second-order valence-electron chi connectivity index (χ2n) is 4.57. The molecule has 0 N–H and O–H groups in total. The molecule has 1 heterocycles. The van der Waals surface area contributed by atoms with Crippen LogP contribution in [0.2, 0.25) is 0 Å². The molecule has 0 fully saturated rings. The van der Waals surface area contributed by atoms with Gasteiger partial charge >= 0.3 is 0 Å². The van der Waals surface area contributed by atoms with Crippen LogP contribution in [0.25, 0.3) is 0 Å². The Morgan fingerprint density at radius 2 is 1.52 bits per heavy atom. The molecule has 0 unspecified atom stereocenters. The van der Waals surface area contributed by atoms with Crippen molar-refractivity contribution < 1.29 is 19.0 Å². The lowest BCUT2D eigenvalue weighted by Crippen LogP contribution is -2.04. The van der Waals surface area contributed by atoms with Gasteiger partial charge in [0.05, 0.1) is 21.3 Å². The van der Waals surface area contributed by atoms with E-state index in [1.54, 1.807) is 23.5 Å². The van der Waals surface area contributed by atoms with Crippen molar-refractivity contribution in [1.82, 2.24) is 0 Å². The van der Waals surface area contributed by atoms with Crippen LogP contribution in [-0.4, -0.2) is 27.1 Å². The number of methoxy groups -OCH3 is 3. The predicted molar refractivity (Wildman–Crippen MR) is 83.3 cm³/mol. The summed E-state index contributed by atoms with van der Waals surface area (Å²) >= 11 is 1.61. The van der Waals surface area contributed by atoms with Gasteiger partial charge in [-0.1, -0.05) is 0 Å². The third-order valence-corrected chi connectivity index (χ3v) is 4.18. The molecule has 0 radical (unpaired) electrons. The molecule has 1 aromatic heterocycles. The molecule has 0 saturated carbocycles. The molecule has 0 aliphatic rings. The maximum atomic E-state index is 12.7. The molecule has 0 amide bonds. The molecule has 0 saturated heterocycles. The number of thiophene rings is 1. The summed E-state index contributed by atoms with van der Waals surface area (Å²) in [7, 11) is 4.60. The first kappa shape index (κ1) is 15.4. The average molecular weight is 306 g/mol. The van der Waals surface area contributed by atoms with Gasteiger partial charge in [-0.05, 0) is 32.0 Å². The molecular weight excluding hydrogens is 288 g/mol. The second-order valence-corrected chi connectivity index (χ2v) is 6.03. The van der Waals surface area contributed by atoms with Crippen LogP contribution in [0, 0.1) is 13.8 Å². The minimum atomic E-state index is -0.0453. The van der Waals surface area contributed by atoms with E-state index in [0.717, 1.165) is 9.75 Å². The fraction of sp³-hybridized carbons (Fsp3) is 0.312. The summed E-state index contributed by atoms with van der Waals surface area (Å²) in [5.41, 5.74) is 1.23. The van der Waals surface area contributed by atoms with E-state index in [1.807, 2.05) is 19.9 Å². The number of hydrogen-bond acceptors (Lipinski definition) is 5. The SMILES string of the molecule is COc1cc(C(=O)c2cc(C)sc2C)cc(OC)c1OC. The first-order valence-corrected chi connectivity index (χ1v) is 7.25. The Morgan fingerprint density at radius 3 is 1.90 bits per heavy atom. The van der Waals surface area contributed by atoms with Crippen molar-refractivity contribution in [3.63, 3.8) is 0 Å². The summed E-state index contributed by atoms with van der Waals surface area (Å²) < 4.78 is 15.8. The van der Waals surface area contributed by atoms with Crippen LogP contribution in [0.3, 0.4) is 0 Å². The Kier molecular flexibility index (Phi) is 4.53. The van der Waals surface area contributed by atoms with Gasteiger partial charge < -0.3 is 14.2 Å². The fourth-order valence-electron chi connectivity index (χ4n) is 2.22. The van der Waals surface area contributed by atoms with Crippen molar-refractivity contribution in [1.29, 1.82) is 0 Å². The lowest BCUT2D eigenvalue weighted by atomic mass is 10.0. The van der Waals surface area contributed by atoms with E-state index in [1.165, 1.54) is 21.3 Å². The van der Waals surface area contributed by atoms with Crippen LogP contribution in [0.15, 0.2) is 18.2 Å². The molecule has 2 rings (SSSR count). The molecule has 0 aliphatic carbocycles. The molecule has 4 nitrogen and oxygen atoms in total. The number of rotatable bonds is 5. The summed E-state index contributed by atoms with van der Waals surface area (Å²) in [6.07, 6.45) is 0. The summed E-state index contributed by atoms with van der Waals surface area (Å²) in [5, 5.41) is 0. The highest BCUT2D eigenvalue weighted by Crippen LogP contribution is 2.39. The fourth-order valence-corrected chi connectivity index (χ4v) is 3.15. The van der Waals surface area contributed by atoms with Crippen molar-refractivity contribution in [2.45, 2.75) is 13.8 Å². The number of benzene rings is 1. The van der Waals surface area contributed by atoms with Crippen molar-refractivity contribution in [3.05, 3.63) is 39.1 Å². The molecule has 1 aromatic carbocycles. The third kappa shape index (κ3) is 2.88. The van der Waals surface area contributed by atoms with Crippen LogP contribution >= 0.6 is 11.3 Å². The maximum absolute atomic E-state index is 12.7. The zero-order chi connectivity index (χ0) is 15.6. The van der Waals surface area contributed by atoms with Crippen LogP contribution in [0.1, 0.15) is 25.7 Å². The third-order valence-electron chi connectivity index (χ3n) is 3.21. The first-order valence-electron chi connectivity index (χ1n) is 6.43. The van der Waals surface area contributed by atoms with Gasteiger partial charge in [-0.25, -0.2) is 0 Å². The van der Waals surface area contributed by atoms with Gasteiger partial charge in [0.25, 0.3) is 0 Å². The van der Waals surface area contributed by atoms with E-state index < -0.39 is 0 Å². The Labute approximate surface area is 128 Å². The van der Waals surface area contributed by atoms with E-state index in [2.05, 4.69) is 0 Å². The van der Waals surface area contributed by atoms with Gasteiger partial charge in [-0.2, -0.15) is 0 Å². The van der Waals surface area contributed by atoms with Crippen LogP contribution in [0.4, 0.5) is 0 Å². The van der Waals surface area contributed by atoms with E-state index in [4.69, 9.17) is 14.2 Å². The van der Waals surface area contributed by atoms with Crippen molar-refractivity contribution in [2.24, 2.45) is 0 Å². The lowest BCUT2D eigenvalue weighted by molar-refractivity contribution is 0.103. The highest BCUT2D eigenvalue weighted by Gasteiger charge is 2.20. The standard InChI is InChI=1S/C16H18O4S/c1-9-6-12(10(2)21-9)15(17)11-7-13(18-3)16(20-5)14(8-11)19-4/h6-8H,1-5H3. The molecule has 0 aliphatic heterocycles. The predicted octanol–water partition coefficient (Wildman–Crippen LogP) is 3.62. The Balaban J connectivity index is 2.53. The van der Waals surface area contributed by atoms with Gasteiger partial charge in [0, 0.05) is 20.9 Å². The Bertz CT molecular complexity index is 648. The van der Waals surface area contributed by atoms with E-state index in [0.29, 0.717) is 28.4 Å². The van der Waals surface area contributed by atoms with Gasteiger partial charge in [0.2, 0.25) is 5.75 Å². The molecule has 0 atom stereocenters. The zero-order valence-electron chi connectivity index (χ0n) is 12.8. The molecule has 5 heteroatoms. The van der Waals surface area contributed by atoms with Crippen molar-refractivity contribution in [2.75, 3.05) is 21.3 Å². The Hall–Kier alpha value is -2.01. The number of carbonyl (C=O) groups excluding carboxylic acids is 1. The molecular formula is C16H18O4S. The van der Waals surface area contributed by atoms with Crippen LogP contribution in [0.5, 0.6) is 17.2 Å². The van der Waals surface area contributed by atoms with E-state index in [-0.39, 0.29) is 5.78 Å². The summed E-state index contributed by atoms with van der Waals surface area (Å²) in [4.78, 5) is 14.8. The van der Waals surface area contributed by atoms with Crippen LogP contribution < -0.4 is 14.2 Å². The van der Waals surface area contributed by atoms with Crippen molar-refractivity contribution in [3.8, 4) is 17.2 Å². The first-order chi connectivity index (χ1) is 10.0. The van der Waals surface area contributed by atoms with Gasteiger partial charge in [-0.3, -0.25) is 4.79 Å². The molecule has 0 bridgehead atoms. The number of hydrogen-bond donors (Lipinski definition) is 0. The quantitative estimate of drug-likeness (QED) is 0.791. The maximum Gasteiger partial charge on any atom is 0.203 e. The number of ketones is 1. The second kappa shape index (κ2) is 6.18. The van der Waals surface area contributed by atoms with Crippen LogP contribution in [-0.2, 0) is 0 Å². The normalized spacial score (nSPS) is 10.3. The summed E-state index contributed by atoms with van der Waals surface area (Å²) in [6, 6.07) is 5.26. The van der Waals surface area contributed by atoms with Gasteiger partial charge in [-0.15, -0.1) is 11.3 Å². The molecule has 21 heavy (non-hydrogen) atoms. The molecule has 112 valence electrons. The Morgan fingerprint density at radius 1 is 0.952 bits per heavy atom. The van der Waals surface area contributed by atoms with E-state index >= 15 is 0 Å². The van der Waals surface area contributed by atoms with Gasteiger partial charge in [0.1, 0.15) is 0 Å². The zero-order valence-corrected chi connectivity index (χ0v) is 13.6. The van der Waals surface area contributed by atoms with Crippen molar-refractivity contribution >= 4 is 17.1 Å². The average Bonchev–Trinajstić information content (AvgIpc) is 2.83. The van der Waals surface area contributed by atoms with E-state index in [9.17, 15) is 4.79 Å². The lowest BCUT2D eigenvalue weighted by Gasteiger charge is -2.13. The minimum Gasteiger partial charge on any atom is -0.493 e. The minimum absolute atomic E-state index is 0.0453. The number of carbonyl (C=O) groups is 1. The monoisotopic (exact) mass is 306 g/mol. The molecule has 0 spiro atoms. The summed E-state index contributed by atoms with van der Waals surface area (Å²) in [5.74, 6) is 1.39.